The van der Waals surface area contributed by atoms with Crippen molar-refractivity contribution in [3.05, 3.63) is 72.3 Å². The minimum Gasteiger partial charge on any atom is -0.353 e. The molecule has 0 fully saturated rings. The van der Waals surface area contributed by atoms with E-state index in [0.717, 1.165) is 18.2 Å². The van der Waals surface area contributed by atoms with E-state index >= 15 is 0 Å². The van der Waals surface area contributed by atoms with Gasteiger partial charge in [-0.2, -0.15) is 5.10 Å². The SMILES string of the molecule is CN=C(NCc1cccn1C)NC(C)c1cccc(-n2cccn2)c1.I. The van der Waals surface area contributed by atoms with E-state index in [1.165, 1.54) is 11.3 Å². The average Bonchev–Trinajstić information content (AvgIpc) is 3.30. The molecule has 3 aromatic rings. The zero-order chi connectivity index (χ0) is 17.6. The van der Waals surface area contributed by atoms with Crippen LogP contribution in [0.5, 0.6) is 0 Å². The van der Waals surface area contributed by atoms with Crippen LogP contribution in [-0.4, -0.2) is 27.4 Å². The van der Waals surface area contributed by atoms with E-state index in [1.54, 1.807) is 13.2 Å². The second-order valence-corrected chi connectivity index (χ2v) is 5.95. The van der Waals surface area contributed by atoms with Gasteiger partial charge in [0.1, 0.15) is 0 Å². The summed E-state index contributed by atoms with van der Waals surface area (Å²) in [5.41, 5.74) is 3.43. The first-order chi connectivity index (χ1) is 12.2. The zero-order valence-corrected chi connectivity index (χ0v) is 17.6. The summed E-state index contributed by atoms with van der Waals surface area (Å²) >= 11 is 0. The first-order valence-electron chi connectivity index (χ1n) is 8.35. The van der Waals surface area contributed by atoms with Crippen molar-refractivity contribution in [3.8, 4) is 5.69 Å². The Hall–Kier alpha value is -2.29. The Morgan fingerprint density at radius 1 is 1.19 bits per heavy atom. The number of aromatic nitrogens is 3. The van der Waals surface area contributed by atoms with Crippen molar-refractivity contribution < 1.29 is 0 Å². The molecule has 0 saturated carbocycles. The van der Waals surface area contributed by atoms with Crippen LogP contribution < -0.4 is 10.6 Å². The van der Waals surface area contributed by atoms with Gasteiger partial charge in [-0.1, -0.05) is 12.1 Å². The van der Waals surface area contributed by atoms with Gasteiger partial charge >= 0.3 is 0 Å². The number of hydrogen-bond acceptors (Lipinski definition) is 2. The molecular weight excluding hydrogens is 439 g/mol. The molecule has 0 saturated heterocycles. The van der Waals surface area contributed by atoms with E-state index in [-0.39, 0.29) is 30.0 Å². The molecule has 0 amide bonds. The van der Waals surface area contributed by atoms with Crippen LogP contribution in [0, 0.1) is 0 Å². The summed E-state index contributed by atoms with van der Waals surface area (Å²) in [7, 11) is 3.82. The Morgan fingerprint density at radius 2 is 2.04 bits per heavy atom. The summed E-state index contributed by atoms with van der Waals surface area (Å²) in [4.78, 5) is 4.32. The van der Waals surface area contributed by atoms with Gasteiger partial charge in [0.15, 0.2) is 5.96 Å². The van der Waals surface area contributed by atoms with Crippen LogP contribution in [0.15, 0.2) is 66.0 Å². The number of rotatable bonds is 5. The maximum atomic E-state index is 4.32. The number of benzene rings is 1. The lowest BCUT2D eigenvalue weighted by Crippen LogP contribution is -2.38. The van der Waals surface area contributed by atoms with E-state index in [9.17, 15) is 0 Å². The molecule has 6 nitrogen and oxygen atoms in total. The third-order valence-electron chi connectivity index (χ3n) is 4.20. The van der Waals surface area contributed by atoms with E-state index in [0.29, 0.717) is 0 Å². The molecule has 1 atom stereocenters. The van der Waals surface area contributed by atoms with Gasteiger partial charge in [-0.3, -0.25) is 4.99 Å². The molecule has 0 radical (unpaired) electrons. The number of aliphatic imine (C=N–C) groups is 1. The summed E-state index contributed by atoms with van der Waals surface area (Å²) in [6.45, 7) is 2.85. The lowest BCUT2D eigenvalue weighted by atomic mass is 10.1. The maximum Gasteiger partial charge on any atom is 0.191 e. The molecule has 0 bridgehead atoms. The predicted molar refractivity (Wildman–Crippen MR) is 116 cm³/mol. The van der Waals surface area contributed by atoms with Gasteiger partial charge in [-0.05, 0) is 42.8 Å². The normalized spacial score (nSPS) is 12.3. The minimum atomic E-state index is 0. The minimum absolute atomic E-state index is 0. The zero-order valence-electron chi connectivity index (χ0n) is 15.3. The van der Waals surface area contributed by atoms with Gasteiger partial charge in [0.25, 0.3) is 0 Å². The first-order valence-corrected chi connectivity index (χ1v) is 8.35. The van der Waals surface area contributed by atoms with Crippen molar-refractivity contribution in [1.82, 2.24) is 25.0 Å². The average molecular weight is 464 g/mol. The van der Waals surface area contributed by atoms with Gasteiger partial charge in [0.05, 0.1) is 18.3 Å². The highest BCUT2D eigenvalue weighted by molar-refractivity contribution is 14.0. The summed E-state index contributed by atoms with van der Waals surface area (Å²) in [5.74, 6) is 0.776. The van der Waals surface area contributed by atoms with Crippen LogP contribution in [0.3, 0.4) is 0 Å². The molecule has 2 heterocycles. The largest absolute Gasteiger partial charge is 0.353 e. The molecule has 0 aliphatic rings. The van der Waals surface area contributed by atoms with Crippen LogP contribution in [0.4, 0.5) is 0 Å². The highest BCUT2D eigenvalue weighted by Crippen LogP contribution is 2.16. The molecule has 26 heavy (non-hydrogen) atoms. The number of halogens is 1. The highest BCUT2D eigenvalue weighted by Gasteiger charge is 2.09. The Bertz CT molecular complexity index is 837. The Morgan fingerprint density at radius 3 is 2.69 bits per heavy atom. The standard InChI is InChI=1S/C19H24N6.HI/c1-15(16-7-4-8-17(13-16)25-12-6-10-22-25)23-19(20-2)21-14-18-9-5-11-24(18)3;/h4-13,15H,14H2,1-3H3,(H2,20,21,23);1H. The molecular formula is C19H25IN6. The number of aryl methyl sites for hydroxylation is 1. The summed E-state index contributed by atoms with van der Waals surface area (Å²) in [6, 6.07) is 14.5. The summed E-state index contributed by atoms with van der Waals surface area (Å²) < 4.78 is 3.95. The topological polar surface area (TPSA) is 59.2 Å². The smallest absolute Gasteiger partial charge is 0.191 e. The van der Waals surface area contributed by atoms with E-state index in [4.69, 9.17) is 0 Å². The lowest BCUT2D eigenvalue weighted by molar-refractivity contribution is 0.675. The molecule has 1 aromatic carbocycles. The van der Waals surface area contributed by atoms with E-state index < -0.39 is 0 Å². The quantitative estimate of drug-likeness (QED) is 0.346. The molecule has 7 heteroatoms. The van der Waals surface area contributed by atoms with Crippen LogP contribution in [0.25, 0.3) is 5.69 Å². The Kier molecular flexibility index (Phi) is 7.26. The number of guanidine groups is 1. The Labute approximate surface area is 171 Å². The van der Waals surface area contributed by atoms with Crippen molar-refractivity contribution in [2.45, 2.75) is 19.5 Å². The van der Waals surface area contributed by atoms with Crippen molar-refractivity contribution in [2.75, 3.05) is 7.05 Å². The van der Waals surface area contributed by atoms with Crippen molar-refractivity contribution in [2.24, 2.45) is 12.0 Å². The van der Waals surface area contributed by atoms with E-state index in [2.05, 4.69) is 50.4 Å². The van der Waals surface area contributed by atoms with Gasteiger partial charge in [0.2, 0.25) is 0 Å². The molecule has 138 valence electrons. The van der Waals surface area contributed by atoms with Crippen molar-refractivity contribution >= 4 is 29.9 Å². The van der Waals surface area contributed by atoms with Crippen LogP contribution in [-0.2, 0) is 13.6 Å². The van der Waals surface area contributed by atoms with Crippen LogP contribution >= 0.6 is 24.0 Å². The van der Waals surface area contributed by atoms with E-state index in [1.807, 2.05) is 48.4 Å². The Balaban J connectivity index is 0.00000243. The van der Waals surface area contributed by atoms with Crippen LogP contribution in [0.1, 0.15) is 24.2 Å². The molecule has 2 aromatic heterocycles. The van der Waals surface area contributed by atoms with Crippen molar-refractivity contribution in [3.63, 3.8) is 0 Å². The number of hydrogen-bond donors (Lipinski definition) is 2. The second-order valence-electron chi connectivity index (χ2n) is 5.95. The van der Waals surface area contributed by atoms with Crippen molar-refractivity contribution in [1.29, 1.82) is 0 Å². The van der Waals surface area contributed by atoms with Gasteiger partial charge in [-0.15, -0.1) is 24.0 Å². The fraction of sp³-hybridized carbons (Fsp3) is 0.263. The van der Waals surface area contributed by atoms with Gasteiger partial charge in [-0.25, -0.2) is 4.68 Å². The van der Waals surface area contributed by atoms with Gasteiger partial charge < -0.3 is 15.2 Å². The van der Waals surface area contributed by atoms with Crippen LogP contribution in [0.2, 0.25) is 0 Å². The van der Waals surface area contributed by atoms with Gasteiger partial charge in [0, 0.05) is 38.4 Å². The molecule has 2 N–H and O–H groups in total. The number of nitrogens with zero attached hydrogens (tertiary/aromatic N) is 4. The highest BCUT2D eigenvalue weighted by atomic mass is 127. The second kappa shape index (κ2) is 9.42. The molecule has 0 spiro atoms. The number of nitrogens with one attached hydrogen (secondary N) is 2. The molecule has 0 aliphatic heterocycles. The molecule has 3 rings (SSSR count). The summed E-state index contributed by atoms with van der Waals surface area (Å²) in [5, 5.41) is 11.1. The summed E-state index contributed by atoms with van der Waals surface area (Å²) in [6.07, 6.45) is 5.76. The first kappa shape index (κ1) is 20.0. The maximum absolute atomic E-state index is 4.32. The molecule has 1 unspecified atom stereocenters. The third kappa shape index (κ3) is 4.87. The monoisotopic (exact) mass is 464 g/mol. The molecule has 0 aliphatic carbocycles. The third-order valence-corrected chi connectivity index (χ3v) is 4.20. The lowest BCUT2D eigenvalue weighted by Gasteiger charge is -2.19. The predicted octanol–water partition coefficient (Wildman–Crippen LogP) is 3.26. The fourth-order valence-corrected chi connectivity index (χ4v) is 2.70. The fourth-order valence-electron chi connectivity index (χ4n) is 2.70.